The van der Waals surface area contributed by atoms with Crippen LogP contribution >= 0.6 is 0 Å². The second kappa shape index (κ2) is 3.82. The van der Waals surface area contributed by atoms with Gasteiger partial charge in [0.05, 0.1) is 17.6 Å². The van der Waals surface area contributed by atoms with Crippen LogP contribution in [0, 0.1) is 0 Å². The Morgan fingerprint density at radius 2 is 2.33 bits per heavy atom. The Kier molecular flexibility index (Phi) is 2.51. The summed E-state index contributed by atoms with van der Waals surface area (Å²) < 4.78 is 1.89. The molecule has 2 aromatic rings. The molecular weight excluding hydrogens is 192 g/mol. The molecule has 0 radical (unpaired) electrons. The molecule has 3 N–H and O–H groups in total. The van der Waals surface area contributed by atoms with Crippen LogP contribution in [0.4, 0.5) is 5.82 Å². The average molecular weight is 206 g/mol. The third-order valence-electron chi connectivity index (χ3n) is 2.54. The molecule has 0 fully saturated rings. The molecule has 1 atom stereocenters. The molecule has 0 aliphatic rings. The predicted molar refractivity (Wildman–Crippen MR) is 58.1 cm³/mol. The fraction of sp³-hybridized carbons (Fsp3) is 0.444. The predicted octanol–water partition coefficient (Wildman–Crippen LogP) is 1.08. The number of aromatic nitrogens is 4. The SMILES string of the molecule is CCC(C)n1ncc2c(NN)ncnc21. The Morgan fingerprint density at radius 3 is 3.00 bits per heavy atom. The molecule has 2 heterocycles. The van der Waals surface area contributed by atoms with Crippen molar-refractivity contribution < 1.29 is 0 Å². The van der Waals surface area contributed by atoms with E-state index in [0.717, 1.165) is 17.5 Å². The first-order chi connectivity index (χ1) is 7.27. The topological polar surface area (TPSA) is 81.7 Å². The van der Waals surface area contributed by atoms with Crippen molar-refractivity contribution in [2.75, 3.05) is 5.43 Å². The van der Waals surface area contributed by atoms with Crippen molar-refractivity contribution in [3.05, 3.63) is 12.5 Å². The fourth-order valence-electron chi connectivity index (χ4n) is 1.47. The van der Waals surface area contributed by atoms with Crippen molar-refractivity contribution in [3.63, 3.8) is 0 Å². The van der Waals surface area contributed by atoms with Gasteiger partial charge in [-0.3, -0.25) is 0 Å². The Bertz CT molecular complexity index is 463. The summed E-state index contributed by atoms with van der Waals surface area (Å²) >= 11 is 0. The molecule has 6 heteroatoms. The Hall–Kier alpha value is -1.69. The third-order valence-corrected chi connectivity index (χ3v) is 2.54. The summed E-state index contributed by atoms with van der Waals surface area (Å²) in [5.41, 5.74) is 3.35. The molecule has 1 unspecified atom stereocenters. The molecule has 6 nitrogen and oxygen atoms in total. The lowest BCUT2D eigenvalue weighted by molar-refractivity contribution is 0.489. The van der Waals surface area contributed by atoms with Gasteiger partial charge >= 0.3 is 0 Å². The summed E-state index contributed by atoms with van der Waals surface area (Å²) in [6.45, 7) is 4.21. The van der Waals surface area contributed by atoms with Crippen LogP contribution in [-0.2, 0) is 0 Å². The Labute approximate surface area is 87.5 Å². The number of hydrogen-bond donors (Lipinski definition) is 2. The quantitative estimate of drug-likeness (QED) is 0.580. The van der Waals surface area contributed by atoms with E-state index in [-0.39, 0.29) is 0 Å². The van der Waals surface area contributed by atoms with Crippen molar-refractivity contribution in [1.82, 2.24) is 19.7 Å². The van der Waals surface area contributed by atoms with E-state index in [4.69, 9.17) is 5.84 Å². The summed E-state index contributed by atoms with van der Waals surface area (Å²) in [6, 6.07) is 0.322. The number of hydrazine groups is 1. The van der Waals surface area contributed by atoms with Gasteiger partial charge in [0.1, 0.15) is 6.33 Å². The van der Waals surface area contributed by atoms with Crippen molar-refractivity contribution >= 4 is 16.9 Å². The van der Waals surface area contributed by atoms with Gasteiger partial charge in [-0.25, -0.2) is 20.5 Å². The monoisotopic (exact) mass is 206 g/mol. The maximum Gasteiger partial charge on any atom is 0.163 e. The highest BCUT2D eigenvalue weighted by Crippen LogP contribution is 2.21. The van der Waals surface area contributed by atoms with E-state index in [9.17, 15) is 0 Å². The van der Waals surface area contributed by atoms with E-state index in [2.05, 4.69) is 34.3 Å². The van der Waals surface area contributed by atoms with Gasteiger partial charge in [0.25, 0.3) is 0 Å². The van der Waals surface area contributed by atoms with Crippen molar-refractivity contribution in [1.29, 1.82) is 0 Å². The molecule has 0 saturated carbocycles. The highest BCUT2D eigenvalue weighted by atomic mass is 15.3. The lowest BCUT2D eigenvalue weighted by Gasteiger charge is -2.09. The summed E-state index contributed by atoms with van der Waals surface area (Å²) in [6.07, 6.45) is 4.22. The van der Waals surface area contributed by atoms with Gasteiger partial charge in [-0.05, 0) is 13.3 Å². The Morgan fingerprint density at radius 1 is 1.53 bits per heavy atom. The van der Waals surface area contributed by atoms with Crippen molar-refractivity contribution in [2.45, 2.75) is 26.3 Å². The van der Waals surface area contributed by atoms with Crippen LogP contribution in [0.15, 0.2) is 12.5 Å². The van der Waals surface area contributed by atoms with E-state index in [1.807, 2.05) is 4.68 Å². The molecule has 2 rings (SSSR count). The summed E-state index contributed by atoms with van der Waals surface area (Å²) in [4.78, 5) is 8.24. The van der Waals surface area contributed by atoms with E-state index >= 15 is 0 Å². The summed E-state index contributed by atoms with van der Waals surface area (Å²) in [5, 5.41) is 5.14. The summed E-state index contributed by atoms with van der Waals surface area (Å²) in [7, 11) is 0. The van der Waals surface area contributed by atoms with Gasteiger partial charge < -0.3 is 5.43 Å². The van der Waals surface area contributed by atoms with Crippen LogP contribution in [-0.4, -0.2) is 19.7 Å². The zero-order chi connectivity index (χ0) is 10.8. The van der Waals surface area contributed by atoms with Crippen molar-refractivity contribution in [2.24, 2.45) is 5.84 Å². The lowest BCUT2D eigenvalue weighted by Crippen LogP contribution is -2.10. The number of hydrogen-bond acceptors (Lipinski definition) is 5. The average Bonchev–Trinajstić information content (AvgIpc) is 2.71. The van der Waals surface area contributed by atoms with Crippen LogP contribution in [0.5, 0.6) is 0 Å². The smallest absolute Gasteiger partial charge is 0.163 e. The molecule has 15 heavy (non-hydrogen) atoms. The van der Waals surface area contributed by atoms with E-state index in [0.29, 0.717) is 11.9 Å². The molecule has 80 valence electrons. The number of rotatable bonds is 3. The van der Waals surface area contributed by atoms with Crippen LogP contribution in [0.3, 0.4) is 0 Å². The number of nitrogen functional groups attached to an aromatic ring is 1. The molecule has 0 aliphatic carbocycles. The van der Waals surface area contributed by atoms with Crippen LogP contribution in [0.25, 0.3) is 11.0 Å². The van der Waals surface area contributed by atoms with Gasteiger partial charge in [-0.15, -0.1) is 0 Å². The normalized spacial score (nSPS) is 13.0. The van der Waals surface area contributed by atoms with Crippen LogP contribution in [0.1, 0.15) is 26.3 Å². The molecule has 0 aromatic carbocycles. The molecule has 0 bridgehead atoms. The molecule has 0 saturated heterocycles. The van der Waals surface area contributed by atoms with E-state index in [1.165, 1.54) is 6.33 Å². The Balaban J connectivity index is 2.60. The second-order valence-electron chi connectivity index (χ2n) is 3.45. The number of nitrogens with one attached hydrogen (secondary N) is 1. The zero-order valence-electron chi connectivity index (χ0n) is 8.81. The highest BCUT2D eigenvalue weighted by molar-refractivity contribution is 5.85. The second-order valence-corrected chi connectivity index (χ2v) is 3.45. The fourth-order valence-corrected chi connectivity index (χ4v) is 1.47. The standard InChI is InChI=1S/C9H14N6/c1-3-6(2)15-9-7(4-13-15)8(14-10)11-5-12-9/h4-6H,3,10H2,1-2H3,(H,11,12,14). The summed E-state index contributed by atoms with van der Waals surface area (Å²) in [5.74, 6) is 5.96. The molecule has 2 aromatic heterocycles. The van der Waals surface area contributed by atoms with Gasteiger partial charge in [-0.2, -0.15) is 5.10 Å². The maximum atomic E-state index is 5.36. The number of nitrogens with zero attached hydrogens (tertiary/aromatic N) is 4. The largest absolute Gasteiger partial charge is 0.308 e. The van der Waals surface area contributed by atoms with Crippen LogP contribution < -0.4 is 11.3 Å². The minimum Gasteiger partial charge on any atom is -0.308 e. The van der Waals surface area contributed by atoms with E-state index in [1.54, 1.807) is 6.20 Å². The van der Waals surface area contributed by atoms with Gasteiger partial charge in [-0.1, -0.05) is 6.92 Å². The number of nitrogens with two attached hydrogens (primary N) is 1. The molecular formula is C9H14N6. The first-order valence-electron chi connectivity index (χ1n) is 4.92. The zero-order valence-corrected chi connectivity index (χ0v) is 8.81. The molecule has 0 spiro atoms. The van der Waals surface area contributed by atoms with Gasteiger partial charge in [0, 0.05) is 0 Å². The highest BCUT2D eigenvalue weighted by Gasteiger charge is 2.11. The number of fused-ring (bicyclic) bond motifs is 1. The third kappa shape index (κ3) is 1.52. The molecule has 0 amide bonds. The first-order valence-corrected chi connectivity index (χ1v) is 4.92. The van der Waals surface area contributed by atoms with E-state index < -0.39 is 0 Å². The van der Waals surface area contributed by atoms with Crippen molar-refractivity contribution in [3.8, 4) is 0 Å². The lowest BCUT2D eigenvalue weighted by atomic mass is 10.3. The van der Waals surface area contributed by atoms with Gasteiger partial charge in [0.15, 0.2) is 11.5 Å². The first kappa shape index (κ1) is 9.85. The minimum atomic E-state index is 0.322. The molecule has 0 aliphatic heterocycles. The maximum absolute atomic E-state index is 5.36. The van der Waals surface area contributed by atoms with Crippen LogP contribution in [0.2, 0.25) is 0 Å². The van der Waals surface area contributed by atoms with Gasteiger partial charge in [0.2, 0.25) is 0 Å². The number of anilines is 1. The minimum absolute atomic E-state index is 0.322.